The van der Waals surface area contributed by atoms with Crippen LogP contribution in [0.5, 0.6) is 5.75 Å². The van der Waals surface area contributed by atoms with Crippen molar-refractivity contribution in [1.29, 1.82) is 0 Å². The van der Waals surface area contributed by atoms with Crippen molar-refractivity contribution < 1.29 is 43.0 Å². The van der Waals surface area contributed by atoms with Gasteiger partial charge in [0.1, 0.15) is 53.1 Å². The largest absolute Gasteiger partial charge is 0.497 e. The number of nitrogens with zero attached hydrogens (tertiary/aromatic N) is 6. The number of ether oxygens (including phenoxy) is 8. The molecule has 0 saturated carbocycles. The molecule has 0 aromatic heterocycles. The highest BCUT2D eigenvalue weighted by molar-refractivity contribution is 8.00. The first-order valence-corrected chi connectivity index (χ1v) is 27.0. The first-order chi connectivity index (χ1) is 38.0. The maximum absolute atomic E-state index is 11.2. The summed E-state index contributed by atoms with van der Waals surface area (Å²) in [5.41, 5.74) is 22.8. The first kappa shape index (κ1) is 56.5. The van der Waals surface area contributed by atoms with Crippen LogP contribution in [0.4, 0.5) is 0 Å². The summed E-state index contributed by atoms with van der Waals surface area (Å²) < 4.78 is 49.7. The Morgan fingerprint density at radius 3 is 1.22 bits per heavy atom. The number of hydrogen-bond donors (Lipinski definition) is 1. The zero-order valence-electron chi connectivity index (χ0n) is 42.6. The second kappa shape index (κ2) is 30.9. The molecule has 2 fully saturated rings. The summed E-state index contributed by atoms with van der Waals surface area (Å²) in [4.78, 5) is 8.12. The highest BCUT2D eigenvalue weighted by atomic mass is 32.2. The van der Waals surface area contributed by atoms with E-state index in [-0.39, 0.29) is 19.8 Å². The van der Waals surface area contributed by atoms with Crippen LogP contribution in [0.15, 0.2) is 226 Å². The summed E-state index contributed by atoms with van der Waals surface area (Å²) >= 11 is 2.91. The van der Waals surface area contributed by atoms with Gasteiger partial charge in [0.2, 0.25) is 0 Å². The number of thioether (sulfide) groups is 2. The Morgan fingerprint density at radius 2 is 0.792 bits per heavy atom. The van der Waals surface area contributed by atoms with E-state index in [9.17, 15) is 10.6 Å². The second-order valence-corrected chi connectivity index (χ2v) is 20.3. The van der Waals surface area contributed by atoms with E-state index in [1.807, 2.05) is 206 Å². The van der Waals surface area contributed by atoms with Crippen molar-refractivity contribution in [2.45, 2.75) is 102 Å². The van der Waals surface area contributed by atoms with Crippen molar-refractivity contribution >= 4 is 23.5 Å². The van der Waals surface area contributed by atoms with Crippen molar-refractivity contribution in [2.24, 2.45) is 10.2 Å². The molecule has 10 atom stereocenters. The van der Waals surface area contributed by atoms with Gasteiger partial charge in [-0.25, -0.2) is 0 Å². The van der Waals surface area contributed by atoms with Crippen LogP contribution in [-0.4, -0.2) is 85.0 Å². The Labute approximate surface area is 458 Å². The predicted octanol–water partition coefficient (Wildman–Crippen LogP) is 12.9. The van der Waals surface area contributed by atoms with Crippen LogP contribution in [-0.2, 0) is 66.2 Å². The maximum Gasteiger partial charge on any atom is 0.119 e. The molecule has 2 saturated heterocycles. The van der Waals surface area contributed by atoms with E-state index in [1.54, 1.807) is 7.11 Å². The lowest BCUT2D eigenvalue weighted by atomic mass is 9.97. The highest BCUT2D eigenvalue weighted by Crippen LogP contribution is 2.39. The molecular weight excluding hydrogens is 1010 g/mol. The van der Waals surface area contributed by atoms with Gasteiger partial charge in [0.25, 0.3) is 0 Å². The third-order valence-corrected chi connectivity index (χ3v) is 14.9. The van der Waals surface area contributed by atoms with Crippen molar-refractivity contribution in [3.8, 4) is 5.75 Å². The minimum absolute atomic E-state index is 0.222. The van der Waals surface area contributed by atoms with Gasteiger partial charge in [0, 0.05) is 19.6 Å². The molecule has 2 heterocycles. The van der Waals surface area contributed by atoms with Gasteiger partial charge in [0.05, 0.1) is 65.6 Å². The summed E-state index contributed by atoms with van der Waals surface area (Å²) in [6.45, 7) is 2.26. The van der Waals surface area contributed by atoms with Gasteiger partial charge in [-0.15, -0.1) is 0 Å². The fourth-order valence-electron chi connectivity index (χ4n) is 8.67. The molecular formula is C60H62N6O9S2. The van der Waals surface area contributed by atoms with Crippen LogP contribution in [0.1, 0.15) is 27.8 Å². The highest BCUT2D eigenvalue weighted by Gasteiger charge is 2.48. The Bertz CT molecular complexity index is 2860. The molecule has 15 nitrogen and oxygen atoms in total. The zero-order chi connectivity index (χ0) is 53.3. The average Bonchev–Trinajstić information content (AvgIpc) is 3.48. The van der Waals surface area contributed by atoms with E-state index in [4.69, 9.17) is 43.4 Å². The standard InChI is InChI=1S/C34H35N3O5S.C26H27N3O4S/c1-38-28-19-17-27(18-20-28)23-41-33-31(36-37-35)34(43-29-15-9-4-10-16-29)42-30(24-39-21-25-11-5-2-6-12-25)32(33)40-22-26-13-7-3-8-14-26;27-29-28-23-24(30)25(32-17-20-12-6-2-7-13-20)22(18-31-16-19-10-4-1-5-11-19)33-26(23)34-21-14-8-3-9-15-21/h2-20,30-34H,21-24H2,1H3;1-15,22-26,30H,16-18H2/t30?,31?,32-,33+,34-;22?,23?,24-,25+,26+/m01/s1. The molecule has 4 unspecified atom stereocenters. The molecule has 2 aliphatic heterocycles. The molecule has 1 N–H and O–H groups in total. The zero-order valence-corrected chi connectivity index (χ0v) is 44.2. The molecule has 0 spiro atoms. The van der Waals surface area contributed by atoms with Gasteiger partial charge in [0.15, 0.2) is 0 Å². The van der Waals surface area contributed by atoms with Crippen LogP contribution in [0.25, 0.3) is 20.9 Å². The molecule has 398 valence electrons. The minimum Gasteiger partial charge on any atom is -0.497 e. The Kier molecular flexibility index (Phi) is 22.7. The minimum atomic E-state index is -1.06. The van der Waals surface area contributed by atoms with E-state index in [0.29, 0.717) is 26.4 Å². The van der Waals surface area contributed by atoms with Gasteiger partial charge >= 0.3 is 0 Å². The van der Waals surface area contributed by atoms with Crippen LogP contribution >= 0.6 is 23.5 Å². The van der Waals surface area contributed by atoms with E-state index in [0.717, 1.165) is 43.4 Å². The number of aliphatic hydroxyl groups excluding tert-OH is 1. The van der Waals surface area contributed by atoms with Crippen molar-refractivity contribution in [3.63, 3.8) is 0 Å². The van der Waals surface area contributed by atoms with E-state index in [1.165, 1.54) is 23.5 Å². The Balaban J connectivity index is 0.000000209. The molecule has 0 aliphatic carbocycles. The number of rotatable bonds is 24. The van der Waals surface area contributed by atoms with Gasteiger partial charge in [-0.3, -0.25) is 0 Å². The van der Waals surface area contributed by atoms with Crippen LogP contribution in [0.3, 0.4) is 0 Å². The van der Waals surface area contributed by atoms with Gasteiger partial charge in [-0.2, -0.15) is 0 Å². The van der Waals surface area contributed by atoms with Gasteiger partial charge in [-0.1, -0.05) is 204 Å². The van der Waals surface area contributed by atoms with Crippen LogP contribution in [0.2, 0.25) is 0 Å². The summed E-state index contributed by atoms with van der Waals surface area (Å²) in [6, 6.07) is 65.3. The monoisotopic (exact) mass is 1070 g/mol. The van der Waals surface area contributed by atoms with Crippen LogP contribution < -0.4 is 4.74 Å². The number of aliphatic hydroxyl groups is 1. The Hall–Kier alpha value is -6.66. The summed E-state index contributed by atoms with van der Waals surface area (Å²) in [5.74, 6) is 0.765. The van der Waals surface area contributed by atoms with Crippen molar-refractivity contribution in [3.05, 3.63) is 255 Å². The lowest BCUT2D eigenvalue weighted by molar-refractivity contribution is -0.211. The third-order valence-electron chi connectivity index (χ3n) is 12.6. The molecule has 9 rings (SSSR count). The van der Waals surface area contributed by atoms with E-state index in [2.05, 4.69) is 20.1 Å². The predicted molar refractivity (Wildman–Crippen MR) is 298 cm³/mol. The molecule has 77 heavy (non-hydrogen) atoms. The molecule has 0 bridgehead atoms. The molecule has 7 aromatic rings. The van der Waals surface area contributed by atoms with Crippen molar-refractivity contribution in [2.75, 3.05) is 20.3 Å². The fraction of sp³-hybridized carbons (Fsp3) is 0.300. The normalized spacial score (nSPS) is 22.8. The molecule has 17 heteroatoms. The topological polar surface area (TPSA) is 192 Å². The van der Waals surface area contributed by atoms with E-state index >= 15 is 0 Å². The smallest absolute Gasteiger partial charge is 0.119 e. The van der Waals surface area contributed by atoms with E-state index < -0.39 is 59.6 Å². The summed E-state index contributed by atoms with van der Waals surface area (Å²) in [7, 11) is 1.64. The Morgan fingerprint density at radius 1 is 0.442 bits per heavy atom. The second-order valence-electron chi connectivity index (χ2n) is 18.0. The number of azide groups is 2. The van der Waals surface area contributed by atoms with Crippen LogP contribution in [0, 0.1) is 0 Å². The molecule has 7 aromatic carbocycles. The summed E-state index contributed by atoms with van der Waals surface area (Å²) in [6.07, 6.45) is -3.99. The maximum atomic E-state index is 11.2. The third kappa shape index (κ3) is 17.4. The average molecular weight is 1080 g/mol. The van der Waals surface area contributed by atoms with Gasteiger partial charge in [-0.05, 0) is 75.3 Å². The summed E-state index contributed by atoms with van der Waals surface area (Å²) in [5, 5.41) is 19.3. The molecule has 0 radical (unpaired) electrons. The van der Waals surface area contributed by atoms with Gasteiger partial charge < -0.3 is 43.0 Å². The van der Waals surface area contributed by atoms with Crippen molar-refractivity contribution in [1.82, 2.24) is 0 Å². The molecule has 0 amide bonds. The first-order valence-electron chi connectivity index (χ1n) is 25.3. The fourth-order valence-corrected chi connectivity index (χ4v) is 10.9. The number of methoxy groups -OCH3 is 1. The molecule has 2 aliphatic rings. The SMILES string of the molecule is COc1ccc(CO[C@@H]2C(N=[N+]=[N-])[C@H](Sc3ccccc3)OC(COCc3ccccc3)[C@@H]2OCc2ccccc2)cc1.[N-]=[N+]=NC1[C@@H](O)[C@@H](OCc2ccccc2)C(COCc2ccccc2)O[C@H]1Sc1ccccc1. The number of hydrogen-bond acceptors (Lipinski definition) is 13. The lowest BCUT2D eigenvalue weighted by Gasteiger charge is -2.44. The number of benzene rings is 7. The quantitative estimate of drug-likeness (QED) is 0.0344. The lowest BCUT2D eigenvalue weighted by Crippen LogP contribution is -2.58.